The highest BCUT2D eigenvalue weighted by molar-refractivity contribution is 5.80. The second-order valence-corrected chi connectivity index (χ2v) is 9.19. The molecule has 0 aromatic heterocycles. The number of hydrogen-bond acceptors (Lipinski definition) is 5. The zero-order valence-electron chi connectivity index (χ0n) is 19.9. The Kier molecular flexibility index (Phi) is 8.02. The van der Waals surface area contributed by atoms with E-state index in [9.17, 15) is 14.4 Å². The Labute approximate surface area is 205 Å². The summed E-state index contributed by atoms with van der Waals surface area (Å²) in [5.41, 5.74) is 4.65. The molecule has 1 saturated heterocycles. The SMILES string of the molecule is CCC[C@@H](CC(=O)O)NC(=O)[C@@H]1CO[C@H](CNC(=O)OCC2c3ccccc3-c3ccccc32)C1. The molecule has 0 unspecified atom stereocenters. The highest BCUT2D eigenvalue weighted by atomic mass is 16.5. The molecule has 2 aromatic rings. The van der Waals surface area contributed by atoms with Crippen molar-refractivity contribution in [3.63, 3.8) is 0 Å². The van der Waals surface area contributed by atoms with Crippen molar-refractivity contribution in [1.82, 2.24) is 10.6 Å². The summed E-state index contributed by atoms with van der Waals surface area (Å²) in [5, 5.41) is 14.6. The van der Waals surface area contributed by atoms with Crippen LogP contribution in [0, 0.1) is 5.92 Å². The first kappa shape index (κ1) is 24.7. The molecule has 3 N–H and O–H groups in total. The Morgan fingerprint density at radius 1 is 1.09 bits per heavy atom. The van der Waals surface area contributed by atoms with Gasteiger partial charge in [-0.3, -0.25) is 9.59 Å². The molecule has 2 amide bonds. The lowest BCUT2D eigenvalue weighted by Crippen LogP contribution is -2.40. The maximum atomic E-state index is 12.6. The van der Waals surface area contributed by atoms with Crippen LogP contribution in [0.3, 0.4) is 0 Å². The monoisotopic (exact) mass is 480 g/mol. The van der Waals surface area contributed by atoms with Crippen LogP contribution in [0.5, 0.6) is 0 Å². The van der Waals surface area contributed by atoms with Gasteiger partial charge in [0.15, 0.2) is 0 Å². The van der Waals surface area contributed by atoms with E-state index < -0.39 is 12.1 Å². The molecule has 4 rings (SSSR count). The molecule has 0 bridgehead atoms. The van der Waals surface area contributed by atoms with Crippen molar-refractivity contribution in [1.29, 1.82) is 0 Å². The number of hydrogen-bond donors (Lipinski definition) is 3. The molecule has 186 valence electrons. The molecule has 0 spiro atoms. The lowest BCUT2D eigenvalue weighted by Gasteiger charge is -2.18. The van der Waals surface area contributed by atoms with Crippen LogP contribution in [0.4, 0.5) is 4.79 Å². The highest BCUT2D eigenvalue weighted by Gasteiger charge is 2.33. The summed E-state index contributed by atoms with van der Waals surface area (Å²) >= 11 is 0. The van der Waals surface area contributed by atoms with Crippen LogP contribution in [0.25, 0.3) is 11.1 Å². The molecule has 1 aliphatic carbocycles. The Bertz CT molecular complexity index is 1030. The van der Waals surface area contributed by atoms with E-state index >= 15 is 0 Å². The van der Waals surface area contributed by atoms with E-state index in [1.54, 1.807) is 0 Å². The van der Waals surface area contributed by atoms with Crippen molar-refractivity contribution >= 4 is 18.0 Å². The number of carbonyl (C=O) groups excluding carboxylic acids is 2. The van der Waals surface area contributed by atoms with Gasteiger partial charge in [0.2, 0.25) is 5.91 Å². The molecule has 3 atom stereocenters. The molecule has 1 fully saturated rings. The fourth-order valence-corrected chi connectivity index (χ4v) is 4.98. The van der Waals surface area contributed by atoms with Crippen molar-refractivity contribution in [2.45, 2.75) is 50.7 Å². The zero-order valence-corrected chi connectivity index (χ0v) is 19.9. The molecule has 2 aliphatic rings. The first-order chi connectivity index (χ1) is 17.0. The van der Waals surface area contributed by atoms with Crippen molar-refractivity contribution in [2.24, 2.45) is 5.92 Å². The van der Waals surface area contributed by atoms with Crippen LogP contribution in [-0.4, -0.2) is 55.0 Å². The second kappa shape index (κ2) is 11.4. The Hall–Kier alpha value is -3.39. The number of ether oxygens (including phenoxy) is 2. The van der Waals surface area contributed by atoms with Gasteiger partial charge in [0.1, 0.15) is 6.61 Å². The van der Waals surface area contributed by atoms with Crippen LogP contribution in [-0.2, 0) is 19.1 Å². The Balaban J connectivity index is 1.23. The van der Waals surface area contributed by atoms with Gasteiger partial charge in [0.05, 0.1) is 25.0 Å². The number of rotatable bonds is 10. The van der Waals surface area contributed by atoms with Crippen molar-refractivity contribution in [2.75, 3.05) is 19.8 Å². The van der Waals surface area contributed by atoms with Gasteiger partial charge in [-0.25, -0.2) is 4.79 Å². The maximum Gasteiger partial charge on any atom is 0.407 e. The number of fused-ring (bicyclic) bond motifs is 3. The van der Waals surface area contributed by atoms with Gasteiger partial charge < -0.3 is 25.2 Å². The summed E-state index contributed by atoms with van der Waals surface area (Å²) < 4.78 is 11.2. The molecule has 8 nitrogen and oxygen atoms in total. The number of alkyl carbamates (subject to hydrolysis) is 1. The van der Waals surface area contributed by atoms with Gasteiger partial charge in [-0.15, -0.1) is 0 Å². The van der Waals surface area contributed by atoms with Crippen molar-refractivity contribution < 1.29 is 29.0 Å². The normalized spacial score (nSPS) is 19.5. The third kappa shape index (κ3) is 6.00. The minimum Gasteiger partial charge on any atom is -0.481 e. The van der Waals surface area contributed by atoms with Crippen molar-refractivity contribution in [3.05, 3.63) is 59.7 Å². The molecule has 2 aromatic carbocycles. The van der Waals surface area contributed by atoms with E-state index in [-0.39, 0.29) is 56.1 Å². The third-order valence-corrected chi connectivity index (χ3v) is 6.67. The number of nitrogens with one attached hydrogen (secondary N) is 2. The molecule has 1 aliphatic heterocycles. The zero-order chi connectivity index (χ0) is 24.8. The molecule has 0 saturated carbocycles. The summed E-state index contributed by atoms with van der Waals surface area (Å²) in [6.45, 7) is 2.67. The second-order valence-electron chi connectivity index (χ2n) is 9.19. The number of aliphatic carboxylic acids is 1. The predicted octanol–water partition coefficient (Wildman–Crippen LogP) is 3.69. The van der Waals surface area contributed by atoms with E-state index in [0.29, 0.717) is 12.8 Å². The van der Waals surface area contributed by atoms with E-state index in [0.717, 1.165) is 17.5 Å². The van der Waals surface area contributed by atoms with Crippen LogP contribution in [0.2, 0.25) is 0 Å². The fraction of sp³-hybridized carbons (Fsp3) is 0.444. The van der Waals surface area contributed by atoms with Gasteiger partial charge in [0.25, 0.3) is 0 Å². The average Bonchev–Trinajstić information content (AvgIpc) is 3.44. The standard InChI is InChI=1S/C27H32N2O6/c1-2-7-18(13-25(30)31)29-26(32)17-12-19(34-15-17)14-28-27(33)35-16-24-22-10-5-3-8-20(22)21-9-4-6-11-23(21)24/h3-6,8-11,17-19,24H,2,7,12-16H2,1H3,(H,28,33)(H,29,32)(H,30,31)/t17-,18-,19-/m0/s1. The topological polar surface area (TPSA) is 114 Å². The molecular weight excluding hydrogens is 448 g/mol. The maximum absolute atomic E-state index is 12.6. The van der Waals surface area contributed by atoms with Gasteiger partial charge in [-0.05, 0) is 35.1 Å². The average molecular weight is 481 g/mol. The van der Waals surface area contributed by atoms with Crippen LogP contribution >= 0.6 is 0 Å². The lowest BCUT2D eigenvalue weighted by molar-refractivity contribution is -0.137. The van der Waals surface area contributed by atoms with E-state index in [4.69, 9.17) is 14.6 Å². The minimum atomic E-state index is -0.934. The summed E-state index contributed by atoms with van der Waals surface area (Å²) in [4.78, 5) is 36.0. The van der Waals surface area contributed by atoms with Crippen LogP contribution < -0.4 is 10.6 Å². The van der Waals surface area contributed by atoms with Gasteiger partial charge >= 0.3 is 12.1 Å². The number of benzene rings is 2. The Morgan fingerprint density at radius 3 is 2.37 bits per heavy atom. The molecular formula is C27H32N2O6. The first-order valence-corrected chi connectivity index (χ1v) is 12.2. The van der Waals surface area contributed by atoms with Gasteiger partial charge in [-0.2, -0.15) is 0 Å². The van der Waals surface area contributed by atoms with Gasteiger partial charge in [0, 0.05) is 18.5 Å². The van der Waals surface area contributed by atoms with Crippen LogP contribution in [0.15, 0.2) is 48.5 Å². The number of amides is 2. The van der Waals surface area contributed by atoms with E-state index in [1.807, 2.05) is 31.2 Å². The first-order valence-electron chi connectivity index (χ1n) is 12.2. The lowest BCUT2D eigenvalue weighted by atomic mass is 9.98. The summed E-state index contributed by atoms with van der Waals surface area (Å²) in [6, 6.07) is 15.9. The molecule has 35 heavy (non-hydrogen) atoms. The third-order valence-electron chi connectivity index (χ3n) is 6.67. The van der Waals surface area contributed by atoms with E-state index in [1.165, 1.54) is 11.1 Å². The van der Waals surface area contributed by atoms with Crippen LogP contribution in [0.1, 0.15) is 49.7 Å². The number of carboxylic acids is 1. The quantitative estimate of drug-likeness (QED) is 0.478. The Morgan fingerprint density at radius 2 is 1.74 bits per heavy atom. The minimum absolute atomic E-state index is 0.00849. The largest absolute Gasteiger partial charge is 0.481 e. The molecule has 0 radical (unpaired) electrons. The predicted molar refractivity (Wildman–Crippen MR) is 130 cm³/mol. The molecule has 1 heterocycles. The number of carboxylic acid groups (broad SMARTS) is 1. The van der Waals surface area contributed by atoms with Crippen molar-refractivity contribution in [3.8, 4) is 11.1 Å². The summed E-state index contributed by atoms with van der Waals surface area (Å²) in [7, 11) is 0. The smallest absolute Gasteiger partial charge is 0.407 e. The fourth-order valence-electron chi connectivity index (χ4n) is 4.98. The summed E-state index contributed by atoms with van der Waals surface area (Å²) in [5.74, 6) is -1.51. The highest BCUT2D eigenvalue weighted by Crippen LogP contribution is 2.44. The number of carbonyl (C=O) groups is 3. The summed E-state index contributed by atoms with van der Waals surface area (Å²) in [6.07, 6.45) is 0.939. The molecule has 8 heteroatoms. The van der Waals surface area contributed by atoms with E-state index in [2.05, 4.69) is 34.9 Å². The van der Waals surface area contributed by atoms with Gasteiger partial charge in [-0.1, -0.05) is 61.9 Å².